The molecule has 0 aliphatic heterocycles. The van der Waals surface area contributed by atoms with Gasteiger partial charge in [-0.2, -0.15) is 0 Å². The third-order valence-corrected chi connectivity index (χ3v) is 6.53. The molecule has 2 saturated carbocycles. The lowest BCUT2D eigenvalue weighted by Crippen LogP contribution is -2.20. The predicted octanol–water partition coefficient (Wildman–Crippen LogP) is 6.61. The van der Waals surface area contributed by atoms with Gasteiger partial charge in [-0.15, -0.1) is 0 Å². The van der Waals surface area contributed by atoms with Gasteiger partial charge in [0.05, 0.1) is 0 Å². The van der Waals surface area contributed by atoms with E-state index in [4.69, 9.17) is 4.74 Å². The van der Waals surface area contributed by atoms with Crippen molar-refractivity contribution in [2.45, 2.75) is 96.8 Å². The second-order valence-corrected chi connectivity index (χ2v) is 8.30. The summed E-state index contributed by atoms with van der Waals surface area (Å²) in [4.78, 5) is 0. The van der Waals surface area contributed by atoms with Crippen molar-refractivity contribution in [2.75, 3.05) is 13.7 Å². The van der Waals surface area contributed by atoms with Crippen LogP contribution in [-0.4, -0.2) is 13.7 Å². The molecule has 0 heterocycles. The first-order valence-electron chi connectivity index (χ1n) is 10.3. The van der Waals surface area contributed by atoms with Gasteiger partial charge >= 0.3 is 0 Å². The van der Waals surface area contributed by atoms with Gasteiger partial charge in [-0.3, -0.25) is 0 Å². The topological polar surface area (TPSA) is 9.23 Å². The number of unbranched alkanes of at least 4 members (excludes halogenated alkanes) is 2. The molecule has 0 radical (unpaired) electrons. The molecular weight excluding hydrogens is 268 g/mol. The van der Waals surface area contributed by atoms with E-state index < -0.39 is 0 Å². The predicted molar refractivity (Wildman–Crippen MR) is 96.1 cm³/mol. The third kappa shape index (κ3) is 6.60. The third-order valence-electron chi connectivity index (χ3n) is 6.53. The van der Waals surface area contributed by atoms with Crippen LogP contribution in [0.15, 0.2) is 0 Å². The molecule has 0 aromatic carbocycles. The molecule has 1 nitrogen and oxygen atoms in total. The summed E-state index contributed by atoms with van der Waals surface area (Å²) in [6.07, 6.45) is 20.8. The fourth-order valence-electron chi connectivity index (χ4n) is 4.89. The highest BCUT2D eigenvalue weighted by Crippen LogP contribution is 2.37. The minimum Gasteiger partial charge on any atom is -0.384 e. The summed E-state index contributed by atoms with van der Waals surface area (Å²) < 4.78 is 5.32. The molecule has 2 fully saturated rings. The van der Waals surface area contributed by atoms with E-state index in [1.54, 1.807) is 0 Å². The van der Waals surface area contributed by atoms with E-state index in [0.717, 1.165) is 30.3 Å². The quantitative estimate of drug-likeness (QED) is 0.436. The van der Waals surface area contributed by atoms with E-state index in [-0.39, 0.29) is 0 Å². The Kier molecular flexibility index (Phi) is 8.89. The summed E-state index contributed by atoms with van der Waals surface area (Å²) >= 11 is 0. The average molecular weight is 309 g/mol. The van der Waals surface area contributed by atoms with Crippen LogP contribution < -0.4 is 0 Å². The standard InChI is InChI=1S/C21H40O/c1-3-4-5-6-18-7-9-19(10-8-18)11-12-20-13-15-21(16-14-20)17-22-2/h18-21H,3-17H2,1-2H3/t18-,19-,20?,21?. The van der Waals surface area contributed by atoms with E-state index in [1.807, 2.05) is 7.11 Å². The number of hydrogen-bond acceptors (Lipinski definition) is 1. The van der Waals surface area contributed by atoms with Gasteiger partial charge in [0.25, 0.3) is 0 Å². The molecule has 0 amide bonds. The molecule has 1 heteroatoms. The summed E-state index contributed by atoms with van der Waals surface area (Å²) in [5.41, 5.74) is 0. The van der Waals surface area contributed by atoms with E-state index in [1.165, 1.54) is 89.9 Å². The molecule has 0 atom stereocenters. The Morgan fingerprint density at radius 2 is 1.09 bits per heavy atom. The van der Waals surface area contributed by atoms with Crippen molar-refractivity contribution in [2.24, 2.45) is 23.7 Å². The van der Waals surface area contributed by atoms with Crippen LogP contribution in [-0.2, 0) is 4.74 Å². The zero-order chi connectivity index (χ0) is 15.6. The SMILES string of the molecule is CCCCC[C@H]1CC[C@H](CCC2CCC(COC)CC2)CC1. The van der Waals surface area contributed by atoms with Crippen molar-refractivity contribution in [1.29, 1.82) is 0 Å². The van der Waals surface area contributed by atoms with E-state index in [0.29, 0.717) is 0 Å². The Morgan fingerprint density at radius 1 is 0.636 bits per heavy atom. The van der Waals surface area contributed by atoms with Gasteiger partial charge < -0.3 is 4.74 Å². The molecule has 130 valence electrons. The minimum atomic E-state index is 0.861. The summed E-state index contributed by atoms with van der Waals surface area (Å²) in [5.74, 6) is 4.04. The summed E-state index contributed by atoms with van der Waals surface area (Å²) in [6, 6.07) is 0. The molecule has 0 bridgehead atoms. The number of ether oxygens (including phenoxy) is 1. The maximum atomic E-state index is 5.32. The van der Waals surface area contributed by atoms with Gasteiger partial charge in [0.2, 0.25) is 0 Å². The average Bonchev–Trinajstić information content (AvgIpc) is 2.56. The van der Waals surface area contributed by atoms with Crippen LogP contribution in [0.4, 0.5) is 0 Å². The smallest absolute Gasteiger partial charge is 0.0490 e. The summed E-state index contributed by atoms with van der Waals surface area (Å²) in [7, 11) is 1.85. The fraction of sp³-hybridized carbons (Fsp3) is 1.00. The van der Waals surface area contributed by atoms with Crippen LogP contribution in [0.1, 0.15) is 96.8 Å². The monoisotopic (exact) mass is 308 g/mol. The van der Waals surface area contributed by atoms with Crippen molar-refractivity contribution in [3.63, 3.8) is 0 Å². The summed E-state index contributed by atoms with van der Waals surface area (Å²) in [5, 5.41) is 0. The van der Waals surface area contributed by atoms with Crippen LogP contribution in [0.5, 0.6) is 0 Å². The van der Waals surface area contributed by atoms with Gasteiger partial charge in [-0.1, -0.05) is 84.0 Å². The van der Waals surface area contributed by atoms with Crippen LogP contribution in [0.25, 0.3) is 0 Å². The Bertz CT molecular complexity index is 259. The van der Waals surface area contributed by atoms with Gasteiger partial charge in [0.15, 0.2) is 0 Å². The molecule has 0 unspecified atom stereocenters. The molecule has 0 spiro atoms. The van der Waals surface area contributed by atoms with Crippen LogP contribution in [0.3, 0.4) is 0 Å². The first-order chi connectivity index (χ1) is 10.8. The highest BCUT2D eigenvalue weighted by molar-refractivity contribution is 4.76. The molecule has 2 aliphatic rings. The van der Waals surface area contributed by atoms with Crippen LogP contribution in [0, 0.1) is 23.7 Å². The van der Waals surface area contributed by atoms with E-state index >= 15 is 0 Å². The lowest BCUT2D eigenvalue weighted by atomic mass is 9.75. The van der Waals surface area contributed by atoms with Crippen molar-refractivity contribution in [1.82, 2.24) is 0 Å². The molecule has 22 heavy (non-hydrogen) atoms. The Labute approximate surface area is 139 Å². The first kappa shape index (κ1) is 18.3. The second-order valence-electron chi connectivity index (χ2n) is 8.30. The zero-order valence-corrected chi connectivity index (χ0v) is 15.3. The first-order valence-corrected chi connectivity index (χ1v) is 10.3. The lowest BCUT2D eigenvalue weighted by molar-refractivity contribution is 0.115. The number of methoxy groups -OCH3 is 1. The number of hydrogen-bond donors (Lipinski definition) is 0. The highest BCUT2D eigenvalue weighted by Gasteiger charge is 2.24. The normalized spacial score (nSPS) is 33.0. The molecule has 2 aliphatic carbocycles. The molecule has 0 aromatic heterocycles. The highest BCUT2D eigenvalue weighted by atomic mass is 16.5. The maximum absolute atomic E-state index is 5.32. The Morgan fingerprint density at radius 3 is 1.55 bits per heavy atom. The van der Waals surface area contributed by atoms with Crippen molar-refractivity contribution < 1.29 is 4.74 Å². The van der Waals surface area contributed by atoms with E-state index in [2.05, 4.69) is 6.92 Å². The summed E-state index contributed by atoms with van der Waals surface area (Å²) in [6.45, 7) is 3.31. The van der Waals surface area contributed by atoms with E-state index in [9.17, 15) is 0 Å². The molecular formula is C21H40O. The lowest BCUT2D eigenvalue weighted by Gasteiger charge is -2.32. The fourth-order valence-corrected chi connectivity index (χ4v) is 4.89. The largest absolute Gasteiger partial charge is 0.384 e. The molecule has 0 N–H and O–H groups in total. The van der Waals surface area contributed by atoms with Crippen molar-refractivity contribution in [3.8, 4) is 0 Å². The van der Waals surface area contributed by atoms with Gasteiger partial charge in [0, 0.05) is 13.7 Å². The van der Waals surface area contributed by atoms with Crippen molar-refractivity contribution >= 4 is 0 Å². The number of rotatable bonds is 9. The molecule has 0 saturated heterocycles. The minimum absolute atomic E-state index is 0.861. The Hall–Kier alpha value is -0.0400. The van der Waals surface area contributed by atoms with Crippen LogP contribution >= 0.6 is 0 Å². The van der Waals surface area contributed by atoms with Gasteiger partial charge in [0.1, 0.15) is 0 Å². The zero-order valence-electron chi connectivity index (χ0n) is 15.3. The second kappa shape index (κ2) is 10.7. The maximum Gasteiger partial charge on any atom is 0.0490 e. The molecule has 0 aromatic rings. The molecule has 2 rings (SSSR count). The van der Waals surface area contributed by atoms with Crippen molar-refractivity contribution in [3.05, 3.63) is 0 Å². The van der Waals surface area contributed by atoms with Gasteiger partial charge in [-0.05, 0) is 36.5 Å². The van der Waals surface area contributed by atoms with Crippen LogP contribution in [0.2, 0.25) is 0 Å². The van der Waals surface area contributed by atoms with Gasteiger partial charge in [-0.25, -0.2) is 0 Å². The Balaban J connectivity index is 1.52.